The zero-order valence-electron chi connectivity index (χ0n) is 10.2. The van der Waals surface area contributed by atoms with Crippen LogP contribution in [0.1, 0.15) is 11.1 Å². The van der Waals surface area contributed by atoms with Gasteiger partial charge in [-0.1, -0.05) is 6.07 Å². The lowest BCUT2D eigenvalue weighted by molar-refractivity contribution is -0.140. The van der Waals surface area contributed by atoms with E-state index in [0.717, 1.165) is 6.07 Å². The number of nitrogens with zero attached hydrogens (tertiary/aromatic N) is 1. The molecule has 0 spiro atoms. The fourth-order valence-corrected chi connectivity index (χ4v) is 2.05. The summed E-state index contributed by atoms with van der Waals surface area (Å²) in [7, 11) is 0. The molecular weight excluding hydrogens is 354 g/mol. The molecule has 2 rings (SSSR count). The third kappa shape index (κ3) is 3.34. The second-order valence-corrected chi connectivity index (χ2v) is 4.82. The van der Waals surface area contributed by atoms with Crippen LogP contribution in [0, 0.1) is 17.1 Å². The average Bonchev–Trinajstić information content (AvgIpc) is 2.40. The van der Waals surface area contributed by atoms with Gasteiger partial charge in [-0.15, -0.1) is 0 Å². The Kier molecular flexibility index (Phi) is 4.19. The summed E-state index contributed by atoms with van der Waals surface area (Å²) in [6, 6.07) is 8.74. The van der Waals surface area contributed by atoms with Gasteiger partial charge in [-0.2, -0.15) is 18.4 Å². The number of hydrogen-bond acceptors (Lipinski definition) is 2. The number of ether oxygens (including phenoxy) is 1. The molecule has 21 heavy (non-hydrogen) atoms. The van der Waals surface area contributed by atoms with Gasteiger partial charge in [0.2, 0.25) is 0 Å². The summed E-state index contributed by atoms with van der Waals surface area (Å²) in [4.78, 5) is 0. The molecular formula is C14H6BrF4NO. The van der Waals surface area contributed by atoms with Crippen LogP contribution in [0.4, 0.5) is 17.6 Å². The summed E-state index contributed by atoms with van der Waals surface area (Å²) < 4.78 is 56.7. The highest BCUT2D eigenvalue weighted by Gasteiger charge is 2.34. The standard InChI is InChI=1S/C14H6BrF4NO/c15-11-2-1-3-13(9(11)7-20)21-8-4-5-12(16)10(6-8)14(17,18)19/h1-6H. The quantitative estimate of drug-likeness (QED) is 0.684. The predicted octanol–water partition coefficient (Wildman–Crippen LogP) is 5.27. The summed E-state index contributed by atoms with van der Waals surface area (Å²) in [6.45, 7) is 0. The molecule has 0 amide bonds. The first-order valence-corrected chi connectivity index (χ1v) is 6.35. The molecule has 2 aromatic carbocycles. The fourth-order valence-electron chi connectivity index (χ4n) is 1.61. The Balaban J connectivity index is 2.42. The number of nitriles is 1. The monoisotopic (exact) mass is 359 g/mol. The molecule has 0 saturated carbocycles. The summed E-state index contributed by atoms with van der Waals surface area (Å²) in [5.74, 6) is -1.52. The Bertz CT molecular complexity index is 722. The van der Waals surface area contributed by atoms with E-state index in [1.807, 2.05) is 6.07 Å². The number of halogens is 5. The van der Waals surface area contributed by atoms with Crippen LogP contribution in [0.3, 0.4) is 0 Å². The molecule has 0 N–H and O–H groups in total. The molecule has 0 heterocycles. The molecule has 108 valence electrons. The molecule has 0 saturated heterocycles. The second kappa shape index (κ2) is 5.74. The van der Waals surface area contributed by atoms with Gasteiger partial charge >= 0.3 is 6.18 Å². The summed E-state index contributed by atoms with van der Waals surface area (Å²) in [5.41, 5.74) is -1.29. The zero-order valence-corrected chi connectivity index (χ0v) is 11.8. The van der Waals surface area contributed by atoms with Crippen LogP contribution in [0.5, 0.6) is 11.5 Å². The van der Waals surface area contributed by atoms with Gasteiger partial charge in [0.15, 0.2) is 0 Å². The molecule has 0 bridgehead atoms. The van der Waals surface area contributed by atoms with Gasteiger partial charge in [0.25, 0.3) is 0 Å². The highest BCUT2D eigenvalue weighted by Crippen LogP contribution is 2.36. The van der Waals surface area contributed by atoms with E-state index >= 15 is 0 Å². The Hall–Kier alpha value is -2.07. The minimum Gasteiger partial charge on any atom is -0.456 e. The molecule has 2 nitrogen and oxygen atoms in total. The number of alkyl halides is 3. The van der Waals surface area contributed by atoms with E-state index in [1.165, 1.54) is 6.07 Å². The summed E-state index contributed by atoms with van der Waals surface area (Å²) in [6.07, 6.45) is -4.82. The highest BCUT2D eigenvalue weighted by molar-refractivity contribution is 9.10. The van der Waals surface area contributed by atoms with Crippen LogP contribution < -0.4 is 4.74 Å². The summed E-state index contributed by atoms with van der Waals surface area (Å²) >= 11 is 3.14. The number of rotatable bonds is 2. The maximum Gasteiger partial charge on any atom is 0.419 e. The topological polar surface area (TPSA) is 33.0 Å². The Labute approximate surface area is 125 Å². The van der Waals surface area contributed by atoms with Crippen molar-refractivity contribution in [2.45, 2.75) is 6.18 Å². The molecule has 0 aromatic heterocycles. The predicted molar refractivity (Wildman–Crippen MR) is 70.3 cm³/mol. The average molecular weight is 360 g/mol. The smallest absolute Gasteiger partial charge is 0.419 e. The molecule has 0 unspecified atom stereocenters. The SMILES string of the molecule is N#Cc1c(Br)cccc1Oc1ccc(F)c(C(F)(F)F)c1. The normalized spacial score (nSPS) is 11.0. The van der Waals surface area contributed by atoms with Crippen molar-refractivity contribution >= 4 is 15.9 Å². The van der Waals surface area contributed by atoms with Crippen LogP contribution >= 0.6 is 15.9 Å². The second-order valence-electron chi connectivity index (χ2n) is 3.97. The van der Waals surface area contributed by atoms with Crippen molar-refractivity contribution in [1.82, 2.24) is 0 Å². The molecule has 0 aliphatic rings. The van der Waals surface area contributed by atoms with Crippen molar-refractivity contribution in [1.29, 1.82) is 5.26 Å². The first-order valence-electron chi connectivity index (χ1n) is 5.56. The van der Waals surface area contributed by atoms with Crippen LogP contribution in [0.25, 0.3) is 0 Å². The lowest BCUT2D eigenvalue weighted by atomic mass is 10.2. The van der Waals surface area contributed by atoms with Gasteiger partial charge in [-0.05, 0) is 46.3 Å². The first kappa shape index (κ1) is 15.3. The fraction of sp³-hybridized carbons (Fsp3) is 0.0714. The lowest BCUT2D eigenvalue weighted by Crippen LogP contribution is -2.08. The Morgan fingerprint density at radius 3 is 2.48 bits per heavy atom. The molecule has 0 aliphatic heterocycles. The van der Waals surface area contributed by atoms with Crippen molar-refractivity contribution in [3.8, 4) is 17.6 Å². The molecule has 0 radical (unpaired) electrons. The molecule has 2 aromatic rings. The minimum atomic E-state index is -4.82. The molecule has 7 heteroatoms. The third-order valence-electron chi connectivity index (χ3n) is 2.56. The minimum absolute atomic E-state index is 0.0756. The molecule has 0 aliphatic carbocycles. The maximum absolute atomic E-state index is 13.2. The lowest BCUT2D eigenvalue weighted by Gasteiger charge is -2.12. The number of hydrogen-bond donors (Lipinski definition) is 0. The van der Waals surface area contributed by atoms with Crippen LogP contribution in [-0.4, -0.2) is 0 Å². The largest absolute Gasteiger partial charge is 0.456 e. The van der Waals surface area contributed by atoms with E-state index in [2.05, 4.69) is 15.9 Å². The Morgan fingerprint density at radius 1 is 1.14 bits per heavy atom. The number of benzene rings is 2. The van der Waals surface area contributed by atoms with E-state index in [9.17, 15) is 17.6 Å². The van der Waals surface area contributed by atoms with Crippen LogP contribution in [-0.2, 0) is 6.18 Å². The zero-order chi connectivity index (χ0) is 15.6. The van der Waals surface area contributed by atoms with E-state index < -0.39 is 17.6 Å². The van der Waals surface area contributed by atoms with Gasteiger partial charge in [0.05, 0.1) is 5.56 Å². The van der Waals surface area contributed by atoms with Gasteiger partial charge in [-0.3, -0.25) is 0 Å². The van der Waals surface area contributed by atoms with E-state index in [-0.39, 0.29) is 17.1 Å². The van der Waals surface area contributed by atoms with Crippen molar-refractivity contribution in [2.75, 3.05) is 0 Å². The van der Waals surface area contributed by atoms with Crippen molar-refractivity contribution < 1.29 is 22.3 Å². The van der Waals surface area contributed by atoms with Gasteiger partial charge in [0.1, 0.15) is 28.9 Å². The van der Waals surface area contributed by atoms with Crippen molar-refractivity contribution in [3.63, 3.8) is 0 Å². The van der Waals surface area contributed by atoms with Crippen LogP contribution in [0.15, 0.2) is 40.9 Å². The highest BCUT2D eigenvalue weighted by atomic mass is 79.9. The maximum atomic E-state index is 13.2. The first-order chi connectivity index (χ1) is 9.82. The van der Waals surface area contributed by atoms with Gasteiger partial charge < -0.3 is 4.74 Å². The van der Waals surface area contributed by atoms with Gasteiger partial charge in [0, 0.05) is 4.47 Å². The Morgan fingerprint density at radius 2 is 1.86 bits per heavy atom. The van der Waals surface area contributed by atoms with E-state index in [0.29, 0.717) is 16.6 Å². The van der Waals surface area contributed by atoms with E-state index in [4.69, 9.17) is 10.00 Å². The molecule has 0 fully saturated rings. The van der Waals surface area contributed by atoms with Crippen molar-refractivity contribution in [3.05, 3.63) is 57.8 Å². The van der Waals surface area contributed by atoms with E-state index in [1.54, 1.807) is 12.1 Å². The summed E-state index contributed by atoms with van der Waals surface area (Å²) in [5, 5.41) is 9.01. The van der Waals surface area contributed by atoms with Gasteiger partial charge in [-0.25, -0.2) is 4.39 Å². The van der Waals surface area contributed by atoms with Crippen LogP contribution in [0.2, 0.25) is 0 Å². The molecule has 0 atom stereocenters. The third-order valence-corrected chi connectivity index (χ3v) is 3.22. The van der Waals surface area contributed by atoms with Crippen molar-refractivity contribution in [2.24, 2.45) is 0 Å².